The van der Waals surface area contributed by atoms with Crippen molar-refractivity contribution in [3.8, 4) is 0 Å². The van der Waals surface area contributed by atoms with Crippen molar-refractivity contribution in [1.29, 1.82) is 0 Å². The Hall–Kier alpha value is -0.0500. The second-order valence-electron chi connectivity index (χ2n) is 4.98. The topological polar surface area (TPSA) is 29.1 Å². The molecule has 0 saturated heterocycles. The molecular formula is C12H20BrNO. The number of hydrogen-bond acceptors (Lipinski definition) is 1. The molecule has 1 N–H and O–H groups in total. The summed E-state index contributed by atoms with van der Waals surface area (Å²) >= 11 is 3.63. The van der Waals surface area contributed by atoms with Gasteiger partial charge in [-0.2, -0.15) is 0 Å². The van der Waals surface area contributed by atoms with Crippen LogP contribution in [0.25, 0.3) is 0 Å². The predicted molar refractivity (Wildman–Crippen MR) is 65.1 cm³/mol. The van der Waals surface area contributed by atoms with Crippen LogP contribution in [0.4, 0.5) is 0 Å². The van der Waals surface area contributed by atoms with Gasteiger partial charge in [-0.15, -0.1) is 0 Å². The number of nitrogens with one attached hydrogen (secondary N) is 1. The van der Waals surface area contributed by atoms with E-state index < -0.39 is 0 Å². The molecule has 2 aliphatic carbocycles. The average Bonchev–Trinajstić information content (AvgIpc) is 2.79. The van der Waals surface area contributed by atoms with Crippen LogP contribution in [-0.2, 0) is 4.79 Å². The van der Waals surface area contributed by atoms with Gasteiger partial charge in [0.2, 0.25) is 5.91 Å². The Bertz CT molecular complexity index is 226. The third-order valence-electron chi connectivity index (χ3n) is 3.73. The molecule has 2 fully saturated rings. The number of carbonyl (C=O) groups is 1. The second-order valence-corrected chi connectivity index (χ2v) is 6.15. The SMILES string of the molecule is O=C(CC1CCCC1)NC1CCCC1Br. The third-order valence-corrected chi connectivity index (χ3v) is 4.82. The molecule has 0 radical (unpaired) electrons. The van der Waals surface area contributed by atoms with Crippen LogP contribution in [-0.4, -0.2) is 16.8 Å². The van der Waals surface area contributed by atoms with Crippen LogP contribution in [0.1, 0.15) is 51.4 Å². The maximum atomic E-state index is 11.8. The van der Waals surface area contributed by atoms with Crippen LogP contribution in [0.5, 0.6) is 0 Å². The highest BCUT2D eigenvalue weighted by atomic mass is 79.9. The Balaban J connectivity index is 1.71. The van der Waals surface area contributed by atoms with Crippen LogP contribution in [0.2, 0.25) is 0 Å². The Labute approximate surface area is 100 Å². The zero-order valence-electron chi connectivity index (χ0n) is 9.18. The average molecular weight is 274 g/mol. The van der Waals surface area contributed by atoms with Crippen molar-refractivity contribution >= 4 is 21.8 Å². The summed E-state index contributed by atoms with van der Waals surface area (Å²) < 4.78 is 0. The van der Waals surface area contributed by atoms with Gasteiger partial charge >= 0.3 is 0 Å². The largest absolute Gasteiger partial charge is 0.352 e. The molecule has 2 rings (SSSR count). The molecule has 2 saturated carbocycles. The number of hydrogen-bond donors (Lipinski definition) is 1. The minimum Gasteiger partial charge on any atom is -0.352 e. The molecule has 2 nitrogen and oxygen atoms in total. The van der Waals surface area contributed by atoms with Gasteiger partial charge in [-0.3, -0.25) is 4.79 Å². The molecule has 2 atom stereocenters. The van der Waals surface area contributed by atoms with Gasteiger partial charge in [-0.05, 0) is 31.6 Å². The maximum absolute atomic E-state index is 11.8. The molecule has 2 unspecified atom stereocenters. The lowest BCUT2D eigenvalue weighted by molar-refractivity contribution is -0.122. The molecule has 86 valence electrons. The van der Waals surface area contributed by atoms with Crippen LogP contribution < -0.4 is 5.32 Å². The minimum atomic E-state index is 0.276. The van der Waals surface area contributed by atoms with E-state index in [2.05, 4.69) is 21.2 Å². The number of alkyl halides is 1. The summed E-state index contributed by atoms with van der Waals surface area (Å²) in [6.45, 7) is 0. The highest BCUT2D eigenvalue weighted by Gasteiger charge is 2.27. The van der Waals surface area contributed by atoms with E-state index in [1.165, 1.54) is 38.5 Å². The van der Waals surface area contributed by atoms with E-state index in [9.17, 15) is 4.79 Å². The van der Waals surface area contributed by atoms with Gasteiger partial charge in [0, 0.05) is 17.3 Å². The number of halogens is 1. The summed E-state index contributed by atoms with van der Waals surface area (Å²) in [6.07, 6.45) is 9.51. The molecular weight excluding hydrogens is 254 g/mol. The van der Waals surface area contributed by atoms with Crippen LogP contribution in [0, 0.1) is 5.92 Å². The molecule has 3 heteroatoms. The summed E-state index contributed by atoms with van der Waals surface area (Å²) in [5.41, 5.74) is 0. The van der Waals surface area contributed by atoms with E-state index in [0.717, 1.165) is 12.8 Å². The summed E-state index contributed by atoms with van der Waals surface area (Å²) in [5.74, 6) is 0.943. The van der Waals surface area contributed by atoms with Crippen LogP contribution in [0.3, 0.4) is 0 Å². The van der Waals surface area contributed by atoms with Crippen molar-refractivity contribution in [2.45, 2.75) is 62.2 Å². The van der Waals surface area contributed by atoms with E-state index in [1.54, 1.807) is 0 Å². The van der Waals surface area contributed by atoms with Crippen molar-refractivity contribution in [1.82, 2.24) is 5.32 Å². The maximum Gasteiger partial charge on any atom is 0.220 e. The van der Waals surface area contributed by atoms with Gasteiger partial charge < -0.3 is 5.32 Å². The summed E-state index contributed by atoms with van der Waals surface area (Å²) in [6, 6.07) is 0.388. The van der Waals surface area contributed by atoms with Crippen LogP contribution >= 0.6 is 15.9 Å². The first-order valence-corrected chi connectivity index (χ1v) is 7.10. The minimum absolute atomic E-state index is 0.276. The molecule has 0 heterocycles. The quantitative estimate of drug-likeness (QED) is 0.787. The third kappa shape index (κ3) is 3.20. The van der Waals surface area contributed by atoms with Crippen LogP contribution in [0.15, 0.2) is 0 Å². The molecule has 2 aliphatic rings. The zero-order chi connectivity index (χ0) is 10.7. The summed E-state index contributed by atoms with van der Waals surface area (Å²) in [5, 5.41) is 3.17. The first-order chi connectivity index (χ1) is 7.25. The number of amides is 1. The predicted octanol–water partition coefficient (Wildman–Crippen LogP) is 3.00. The number of rotatable bonds is 3. The van der Waals surface area contributed by atoms with E-state index in [0.29, 0.717) is 16.8 Å². The first kappa shape index (κ1) is 11.4. The Morgan fingerprint density at radius 2 is 1.87 bits per heavy atom. The lowest BCUT2D eigenvalue weighted by atomic mass is 10.0. The zero-order valence-corrected chi connectivity index (χ0v) is 10.8. The lowest BCUT2D eigenvalue weighted by Gasteiger charge is -2.17. The molecule has 15 heavy (non-hydrogen) atoms. The van der Waals surface area contributed by atoms with Gasteiger partial charge in [0.15, 0.2) is 0 Å². The van der Waals surface area contributed by atoms with Crippen molar-refractivity contribution in [2.75, 3.05) is 0 Å². The van der Waals surface area contributed by atoms with E-state index in [1.807, 2.05) is 0 Å². The van der Waals surface area contributed by atoms with Crippen molar-refractivity contribution in [2.24, 2.45) is 5.92 Å². The monoisotopic (exact) mass is 273 g/mol. The fraction of sp³-hybridized carbons (Fsp3) is 0.917. The molecule has 0 bridgehead atoms. The fourth-order valence-electron chi connectivity index (χ4n) is 2.82. The summed E-state index contributed by atoms with van der Waals surface area (Å²) in [7, 11) is 0. The molecule has 0 aliphatic heterocycles. The lowest BCUT2D eigenvalue weighted by Crippen LogP contribution is -2.38. The fourth-order valence-corrected chi connectivity index (χ4v) is 3.54. The standard InChI is InChI=1S/C12H20BrNO/c13-10-6-3-7-11(10)14-12(15)8-9-4-1-2-5-9/h9-11H,1-8H2,(H,14,15). The second kappa shape index (κ2) is 5.33. The summed E-state index contributed by atoms with van der Waals surface area (Å²) in [4.78, 5) is 12.3. The van der Waals surface area contributed by atoms with E-state index >= 15 is 0 Å². The highest BCUT2D eigenvalue weighted by Crippen LogP contribution is 2.29. The first-order valence-electron chi connectivity index (χ1n) is 6.19. The van der Waals surface area contributed by atoms with Gasteiger partial charge in [-0.1, -0.05) is 35.2 Å². The van der Waals surface area contributed by atoms with Gasteiger partial charge in [0.05, 0.1) is 0 Å². The molecule has 0 aromatic rings. The highest BCUT2D eigenvalue weighted by molar-refractivity contribution is 9.09. The molecule has 0 aromatic heterocycles. The molecule has 0 aromatic carbocycles. The Morgan fingerprint density at radius 3 is 2.47 bits per heavy atom. The van der Waals surface area contributed by atoms with Gasteiger partial charge in [0.25, 0.3) is 0 Å². The normalized spacial score (nSPS) is 32.1. The Kier molecular flexibility index (Phi) is 4.06. The van der Waals surface area contributed by atoms with Gasteiger partial charge in [0.1, 0.15) is 0 Å². The van der Waals surface area contributed by atoms with Crippen molar-refractivity contribution in [3.63, 3.8) is 0 Å². The molecule has 1 amide bonds. The molecule has 0 spiro atoms. The van der Waals surface area contributed by atoms with Crippen molar-refractivity contribution < 1.29 is 4.79 Å². The van der Waals surface area contributed by atoms with Gasteiger partial charge in [-0.25, -0.2) is 0 Å². The Morgan fingerprint density at radius 1 is 1.13 bits per heavy atom. The number of carbonyl (C=O) groups excluding carboxylic acids is 1. The van der Waals surface area contributed by atoms with Crippen molar-refractivity contribution in [3.05, 3.63) is 0 Å². The smallest absolute Gasteiger partial charge is 0.220 e. The van der Waals surface area contributed by atoms with E-state index in [4.69, 9.17) is 0 Å². The van der Waals surface area contributed by atoms with E-state index in [-0.39, 0.29) is 5.91 Å².